The lowest BCUT2D eigenvalue weighted by Gasteiger charge is -2.30. The molecule has 1 saturated carbocycles. The first-order chi connectivity index (χ1) is 12.6. The summed E-state index contributed by atoms with van der Waals surface area (Å²) < 4.78 is 5.30. The molecule has 0 spiro atoms. The summed E-state index contributed by atoms with van der Waals surface area (Å²) in [6, 6.07) is 9.16. The second-order valence-corrected chi connectivity index (χ2v) is 7.83. The molecule has 1 aliphatic carbocycles. The maximum Gasteiger partial charge on any atom is 0.408 e. The molecule has 0 aliphatic heterocycles. The number of carbonyl (C=O) groups excluding carboxylic acids is 1. The van der Waals surface area contributed by atoms with Crippen LogP contribution in [0.1, 0.15) is 39.2 Å². The first kappa shape index (κ1) is 20.7. The van der Waals surface area contributed by atoms with Crippen LogP contribution in [0.3, 0.4) is 0 Å². The van der Waals surface area contributed by atoms with E-state index in [1.165, 1.54) is 0 Å². The van der Waals surface area contributed by atoms with Gasteiger partial charge >= 0.3 is 6.09 Å². The smallest absolute Gasteiger partial charge is 0.408 e. The van der Waals surface area contributed by atoms with Crippen LogP contribution in [0.2, 0.25) is 0 Å². The van der Waals surface area contributed by atoms with Gasteiger partial charge in [-0.25, -0.2) is 4.79 Å². The summed E-state index contributed by atoms with van der Waals surface area (Å²) in [5.74, 6) is 4.65. The molecule has 2 N–H and O–H groups in total. The summed E-state index contributed by atoms with van der Waals surface area (Å²) in [5, 5.41) is 23.9. The van der Waals surface area contributed by atoms with Crippen LogP contribution < -0.4 is 5.32 Å². The highest BCUT2D eigenvalue weighted by Gasteiger charge is 2.54. The van der Waals surface area contributed by atoms with E-state index in [4.69, 9.17) is 4.74 Å². The second-order valence-electron chi connectivity index (χ2n) is 7.83. The van der Waals surface area contributed by atoms with E-state index in [0.29, 0.717) is 12.8 Å². The molecule has 0 radical (unpaired) electrons. The Bertz CT molecular complexity index is 726. The monoisotopic (exact) mass is 374 g/mol. The standard InChI is InChI=1S/C20H26N2O5/c1-19(2,3)27-18(24)21-20(11-12-20)17(14-23)16(13-22(25)26)10-9-15-7-5-4-6-8-15/h4-8,16-17,23H,11-14H2,1-3H3,(H,21,24)/t16-,17+/m0/s1. The summed E-state index contributed by atoms with van der Waals surface area (Å²) in [4.78, 5) is 22.9. The number of benzene rings is 1. The van der Waals surface area contributed by atoms with Crippen molar-refractivity contribution in [3.05, 3.63) is 46.0 Å². The molecular formula is C20H26N2O5. The van der Waals surface area contributed by atoms with Gasteiger partial charge in [-0.15, -0.1) is 0 Å². The highest BCUT2D eigenvalue weighted by Crippen LogP contribution is 2.45. The van der Waals surface area contributed by atoms with Gasteiger partial charge in [0.15, 0.2) is 0 Å². The summed E-state index contributed by atoms with van der Waals surface area (Å²) in [6.07, 6.45) is 0.659. The molecule has 1 aromatic rings. The van der Waals surface area contributed by atoms with Gasteiger partial charge in [0.1, 0.15) is 5.60 Å². The average Bonchev–Trinajstić information content (AvgIpc) is 3.31. The minimum atomic E-state index is -0.719. The number of hydrogen-bond acceptors (Lipinski definition) is 5. The molecule has 7 heteroatoms. The number of rotatable bonds is 6. The Kier molecular flexibility index (Phi) is 6.45. The third-order valence-electron chi connectivity index (χ3n) is 4.45. The van der Waals surface area contributed by atoms with Crippen LogP contribution in [-0.4, -0.2) is 40.4 Å². The van der Waals surface area contributed by atoms with Crippen molar-refractivity contribution in [1.29, 1.82) is 0 Å². The van der Waals surface area contributed by atoms with Crippen molar-refractivity contribution >= 4 is 6.09 Å². The molecule has 2 rings (SSSR count). The van der Waals surface area contributed by atoms with Gasteiger partial charge in [0.05, 0.1) is 11.5 Å². The first-order valence-electron chi connectivity index (χ1n) is 8.95. The summed E-state index contributed by atoms with van der Waals surface area (Å²) >= 11 is 0. The van der Waals surface area contributed by atoms with Crippen molar-refractivity contribution in [3.8, 4) is 11.8 Å². The molecule has 1 amide bonds. The normalized spacial score (nSPS) is 17.0. The van der Waals surface area contributed by atoms with E-state index in [1.54, 1.807) is 20.8 Å². The van der Waals surface area contributed by atoms with E-state index in [9.17, 15) is 20.0 Å². The van der Waals surface area contributed by atoms with Crippen LogP contribution in [0.4, 0.5) is 4.79 Å². The van der Waals surface area contributed by atoms with Crippen LogP contribution in [0, 0.1) is 33.8 Å². The molecule has 7 nitrogen and oxygen atoms in total. The van der Waals surface area contributed by atoms with E-state index in [2.05, 4.69) is 17.2 Å². The van der Waals surface area contributed by atoms with E-state index in [-0.39, 0.29) is 6.61 Å². The molecule has 0 heterocycles. The zero-order valence-electron chi connectivity index (χ0n) is 15.9. The maximum atomic E-state index is 12.2. The number of alkyl carbamates (subject to hydrolysis) is 1. The molecule has 0 saturated heterocycles. The molecule has 2 atom stereocenters. The molecule has 1 fully saturated rings. The van der Waals surface area contributed by atoms with Crippen molar-refractivity contribution in [3.63, 3.8) is 0 Å². The van der Waals surface area contributed by atoms with Gasteiger partial charge in [0.25, 0.3) is 0 Å². The fourth-order valence-corrected chi connectivity index (χ4v) is 3.05. The van der Waals surface area contributed by atoms with Gasteiger partial charge in [-0.3, -0.25) is 10.1 Å². The number of nitro groups is 1. The number of carbonyl (C=O) groups is 1. The third-order valence-corrected chi connectivity index (χ3v) is 4.45. The summed E-state index contributed by atoms with van der Waals surface area (Å²) in [7, 11) is 0. The van der Waals surface area contributed by atoms with Gasteiger partial charge in [-0.05, 0) is 45.7 Å². The predicted molar refractivity (Wildman–Crippen MR) is 101 cm³/mol. The second kappa shape index (κ2) is 8.40. The largest absolute Gasteiger partial charge is 0.444 e. The molecule has 0 aromatic heterocycles. The zero-order chi connectivity index (χ0) is 20.1. The Balaban J connectivity index is 2.20. The number of aliphatic hydroxyl groups excluding tert-OH is 1. The Labute approximate surface area is 159 Å². The number of aliphatic hydroxyl groups is 1. The number of nitrogens with zero attached hydrogens (tertiary/aromatic N) is 1. The number of nitrogens with one attached hydrogen (secondary N) is 1. The molecule has 0 bridgehead atoms. The van der Waals surface area contributed by atoms with Crippen molar-refractivity contribution < 1.29 is 19.6 Å². The fraction of sp³-hybridized carbons (Fsp3) is 0.550. The highest BCUT2D eigenvalue weighted by molar-refractivity contribution is 5.69. The SMILES string of the molecule is CC(C)(C)OC(=O)NC1([C@H](CO)[C@@H](C#Cc2ccccc2)C[N+](=O)[O-])CC1. The maximum absolute atomic E-state index is 12.2. The number of hydrogen-bond donors (Lipinski definition) is 2. The fourth-order valence-electron chi connectivity index (χ4n) is 3.05. The molecule has 1 aliphatic rings. The molecule has 27 heavy (non-hydrogen) atoms. The molecule has 1 aromatic carbocycles. The summed E-state index contributed by atoms with van der Waals surface area (Å²) in [6.45, 7) is 4.57. The van der Waals surface area contributed by atoms with Crippen LogP contribution in [0.25, 0.3) is 0 Å². The lowest BCUT2D eigenvalue weighted by atomic mass is 9.84. The average molecular weight is 374 g/mol. The molecule has 146 valence electrons. The lowest BCUT2D eigenvalue weighted by Crippen LogP contribution is -2.49. The van der Waals surface area contributed by atoms with Crippen LogP contribution in [-0.2, 0) is 4.74 Å². The quantitative estimate of drug-likeness (QED) is 0.453. The molecule has 0 unspecified atom stereocenters. The Hall–Kier alpha value is -2.59. The Morgan fingerprint density at radius 2 is 2.00 bits per heavy atom. The van der Waals surface area contributed by atoms with E-state index in [0.717, 1.165) is 5.56 Å². The third kappa shape index (κ3) is 6.26. The van der Waals surface area contributed by atoms with E-state index < -0.39 is 40.5 Å². The van der Waals surface area contributed by atoms with Crippen molar-refractivity contribution in [2.24, 2.45) is 11.8 Å². The Morgan fingerprint density at radius 1 is 1.37 bits per heavy atom. The van der Waals surface area contributed by atoms with Crippen LogP contribution in [0.15, 0.2) is 30.3 Å². The summed E-state index contributed by atoms with van der Waals surface area (Å²) in [5.41, 5.74) is -0.627. The van der Waals surface area contributed by atoms with Gasteiger partial charge < -0.3 is 15.2 Å². The van der Waals surface area contributed by atoms with Gasteiger partial charge in [0.2, 0.25) is 6.54 Å². The van der Waals surface area contributed by atoms with Gasteiger partial charge in [-0.1, -0.05) is 30.0 Å². The zero-order valence-corrected chi connectivity index (χ0v) is 15.9. The van der Waals surface area contributed by atoms with E-state index >= 15 is 0 Å². The molecular weight excluding hydrogens is 348 g/mol. The van der Waals surface area contributed by atoms with Crippen molar-refractivity contribution in [2.75, 3.05) is 13.2 Å². The van der Waals surface area contributed by atoms with Gasteiger partial charge in [-0.2, -0.15) is 0 Å². The minimum absolute atomic E-state index is 0.308. The number of amides is 1. The minimum Gasteiger partial charge on any atom is -0.444 e. The Morgan fingerprint density at radius 3 is 2.48 bits per heavy atom. The highest BCUT2D eigenvalue weighted by atomic mass is 16.6. The van der Waals surface area contributed by atoms with Crippen molar-refractivity contribution in [1.82, 2.24) is 5.32 Å². The number of ether oxygens (including phenoxy) is 1. The van der Waals surface area contributed by atoms with Crippen molar-refractivity contribution in [2.45, 2.75) is 44.8 Å². The van der Waals surface area contributed by atoms with Gasteiger partial charge in [0, 0.05) is 23.0 Å². The van der Waals surface area contributed by atoms with Crippen LogP contribution in [0.5, 0.6) is 0 Å². The lowest BCUT2D eigenvalue weighted by molar-refractivity contribution is -0.487. The predicted octanol–water partition coefficient (Wildman–Crippen LogP) is 2.60. The first-order valence-corrected chi connectivity index (χ1v) is 8.95. The topological polar surface area (TPSA) is 102 Å². The van der Waals surface area contributed by atoms with Crippen LogP contribution >= 0.6 is 0 Å². The van der Waals surface area contributed by atoms with E-state index in [1.807, 2.05) is 30.3 Å².